The van der Waals surface area contributed by atoms with Gasteiger partial charge < -0.3 is 9.64 Å². The molecular weight excluding hydrogens is 300 g/mol. The van der Waals surface area contributed by atoms with Crippen molar-refractivity contribution < 1.29 is 9.53 Å². The lowest BCUT2D eigenvalue weighted by molar-refractivity contribution is -0.00409. The van der Waals surface area contributed by atoms with Crippen molar-refractivity contribution >= 4 is 6.09 Å². The minimum Gasteiger partial charge on any atom is -0.444 e. The summed E-state index contributed by atoms with van der Waals surface area (Å²) in [6, 6.07) is 10.8. The topological polar surface area (TPSA) is 32.8 Å². The van der Waals surface area contributed by atoms with E-state index in [1.165, 1.54) is 5.56 Å². The van der Waals surface area contributed by atoms with Crippen molar-refractivity contribution in [3.8, 4) is 0 Å². The standard InChI is InChI=1S/C20H32N2O2/c1-5-6-12-18-16-21(15-17-10-8-7-9-11-17)13-14-22(18)19(23)24-20(2,3)4/h7-11,18H,5-6,12-16H2,1-4H3/t18-/m0/s1. The second-order valence-electron chi connectivity index (χ2n) is 7.69. The zero-order chi connectivity index (χ0) is 17.6. The molecule has 2 rings (SSSR count). The Labute approximate surface area is 146 Å². The summed E-state index contributed by atoms with van der Waals surface area (Å²) in [6.45, 7) is 11.5. The summed E-state index contributed by atoms with van der Waals surface area (Å²) in [5.74, 6) is 0. The van der Waals surface area contributed by atoms with Crippen LogP contribution in [-0.4, -0.2) is 47.2 Å². The van der Waals surface area contributed by atoms with Gasteiger partial charge in [0, 0.05) is 32.2 Å². The highest BCUT2D eigenvalue weighted by atomic mass is 16.6. The molecule has 134 valence electrons. The molecule has 1 atom stereocenters. The van der Waals surface area contributed by atoms with E-state index in [0.29, 0.717) is 0 Å². The van der Waals surface area contributed by atoms with Crippen LogP contribution >= 0.6 is 0 Å². The number of amides is 1. The fraction of sp³-hybridized carbons (Fsp3) is 0.650. The lowest BCUT2D eigenvalue weighted by Gasteiger charge is -2.42. The Bertz CT molecular complexity index is 510. The van der Waals surface area contributed by atoms with E-state index in [9.17, 15) is 4.79 Å². The molecule has 0 aromatic heterocycles. The molecule has 0 aliphatic carbocycles. The van der Waals surface area contributed by atoms with Crippen LogP contribution in [-0.2, 0) is 11.3 Å². The number of carbonyl (C=O) groups is 1. The molecule has 1 aromatic rings. The first-order valence-electron chi connectivity index (χ1n) is 9.15. The molecule has 0 radical (unpaired) electrons. The number of rotatable bonds is 5. The molecule has 1 aromatic carbocycles. The van der Waals surface area contributed by atoms with Gasteiger partial charge in [-0.15, -0.1) is 0 Å². The Morgan fingerprint density at radius 1 is 1.21 bits per heavy atom. The number of unbranched alkanes of at least 4 members (excludes halogenated alkanes) is 1. The first kappa shape index (κ1) is 18.8. The fourth-order valence-corrected chi connectivity index (χ4v) is 3.15. The molecule has 0 bridgehead atoms. The lowest BCUT2D eigenvalue weighted by atomic mass is 10.0. The molecule has 4 nitrogen and oxygen atoms in total. The highest BCUT2D eigenvalue weighted by molar-refractivity contribution is 5.68. The molecule has 0 saturated carbocycles. The van der Waals surface area contributed by atoms with Gasteiger partial charge >= 0.3 is 6.09 Å². The van der Waals surface area contributed by atoms with Crippen molar-refractivity contribution in [2.75, 3.05) is 19.6 Å². The largest absolute Gasteiger partial charge is 0.444 e. The Morgan fingerprint density at radius 3 is 2.54 bits per heavy atom. The smallest absolute Gasteiger partial charge is 0.410 e. The van der Waals surface area contributed by atoms with Gasteiger partial charge in [0.1, 0.15) is 5.60 Å². The van der Waals surface area contributed by atoms with E-state index >= 15 is 0 Å². The predicted molar refractivity (Wildman–Crippen MR) is 98.0 cm³/mol. The molecule has 0 spiro atoms. The summed E-state index contributed by atoms with van der Waals surface area (Å²) in [5, 5.41) is 0. The molecule has 1 heterocycles. The first-order chi connectivity index (χ1) is 11.4. The van der Waals surface area contributed by atoms with Crippen LogP contribution in [0, 0.1) is 0 Å². The molecule has 0 N–H and O–H groups in total. The Morgan fingerprint density at radius 2 is 1.92 bits per heavy atom. The number of hydrogen-bond donors (Lipinski definition) is 0. The van der Waals surface area contributed by atoms with E-state index in [1.54, 1.807) is 0 Å². The maximum absolute atomic E-state index is 12.5. The summed E-state index contributed by atoms with van der Waals surface area (Å²) in [4.78, 5) is 16.9. The third kappa shape index (κ3) is 5.82. The maximum atomic E-state index is 12.5. The maximum Gasteiger partial charge on any atom is 0.410 e. The van der Waals surface area contributed by atoms with E-state index in [-0.39, 0.29) is 12.1 Å². The number of ether oxygens (including phenoxy) is 1. The van der Waals surface area contributed by atoms with Crippen LogP contribution in [0.25, 0.3) is 0 Å². The Hall–Kier alpha value is -1.55. The van der Waals surface area contributed by atoms with Crippen LogP contribution in [0.5, 0.6) is 0 Å². The third-order valence-electron chi connectivity index (χ3n) is 4.33. The summed E-state index contributed by atoms with van der Waals surface area (Å²) >= 11 is 0. The van der Waals surface area contributed by atoms with Crippen molar-refractivity contribution in [2.24, 2.45) is 0 Å². The average Bonchev–Trinajstić information content (AvgIpc) is 2.52. The molecule has 1 saturated heterocycles. The summed E-state index contributed by atoms with van der Waals surface area (Å²) in [6.07, 6.45) is 3.17. The summed E-state index contributed by atoms with van der Waals surface area (Å²) in [7, 11) is 0. The zero-order valence-corrected chi connectivity index (χ0v) is 15.6. The van der Waals surface area contributed by atoms with Crippen molar-refractivity contribution in [3.63, 3.8) is 0 Å². The van der Waals surface area contributed by atoms with Crippen LogP contribution in [0.15, 0.2) is 30.3 Å². The predicted octanol–water partition coefficient (Wildman–Crippen LogP) is 4.30. The highest BCUT2D eigenvalue weighted by Gasteiger charge is 2.32. The van der Waals surface area contributed by atoms with Crippen LogP contribution in [0.2, 0.25) is 0 Å². The number of hydrogen-bond acceptors (Lipinski definition) is 3. The Kier molecular flexibility index (Phi) is 6.67. The third-order valence-corrected chi connectivity index (χ3v) is 4.33. The van der Waals surface area contributed by atoms with Crippen molar-refractivity contribution in [2.45, 2.75) is 65.1 Å². The number of piperazine rings is 1. The number of carbonyl (C=O) groups excluding carboxylic acids is 1. The van der Waals surface area contributed by atoms with Crippen LogP contribution < -0.4 is 0 Å². The Balaban J connectivity index is 1.99. The van der Waals surface area contributed by atoms with Gasteiger partial charge in [0.2, 0.25) is 0 Å². The summed E-state index contributed by atoms with van der Waals surface area (Å²) < 4.78 is 5.61. The van der Waals surface area contributed by atoms with E-state index in [2.05, 4.69) is 36.1 Å². The number of benzene rings is 1. The van der Waals surface area contributed by atoms with Gasteiger partial charge in [-0.2, -0.15) is 0 Å². The summed E-state index contributed by atoms with van der Waals surface area (Å²) in [5.41, 5.74) is 0.894. The number of nitrogens with zero attached hydrogens (tertiary/aromatic N) is 2. The van der Waals surface area contributed by atoms with E-state index < -0.39 is 5.60 Å². The van der Waals surface area contributed by atoms with Gasteiger partial charge in [0.15, 0.2) is 0 Å². The van der Waals surface area contributed by atoms with Crippen molar-refractivity contribution in [1.29, 1.82) is 0 Å². The second-order valence-corrected chi connectivity index (χ2v) is 7.69. The SMILES string of the molecule is CCCC[C@H]1CN(Cc2ccccc2)CCN1C(=O)OC(C)(C)C. The zero-order valence-electron chi connectivity index (χ0n) is 15.6. The van der Waals surface area contributed by atoms with Crippen molar-refractivity contribution in [3.05, 3.63) is 35.9 Å². The van der Waals surface area contributed by atoms with E-state index in [4.69, 9.17) is 4.74 Å². The van der Waals surface area contributed by atoms with Gasteiger partial charge in [-0.25, -0.2) is 4.79 Å². The molecule has 24 heavy (non-hydrogen) atoms. The van der Waals surface area contributed by atoms with Crippen LogP contribution in [0.1, 0.15) is 52.5 Å². The lowest BCUT2D eigenvalue weighted by Crippen LogP contribution is -2.55. The fourth-order valence-electron chi connectivity index (χ4n) is 3.15. The molecular formula is C20H32N2O2. The van der Waals surface area contributed by atoms with Gasteiger partial charge in [-0.1, -0.05) is 50.1 Å². The minimum absolute atomic E-state index is 0.164. The van der Waals surface area contributed by atoms with Gasteiger partial charge in [-0.05, 0) is 32.8 Å². The normalized spacial score (nSPS) is 19.3. The molecule has 0 unspecified atom stereocenters. The molecule has 1 fully saturated rings. The molecule has 1 amide bonds. The van der Waals surface area contributed by atoms with Crippen LogP contribution in [0.4, 0.5) is 4.79 Å². The van der Waals surface area contributed by atoms with E-state index in [1.807, 2.05) is 31.7 Å². The van der Waals surface area contributed by atoms with Gasteiger partial charge in [0.05, 0.1) is 0 Å². The molecule has 1 aliphatic heterocycles. The minimum atomic E-state index is -0.437. The quantitative estimate of drug-likeness (QED) is 0.806. The molecule has 1 aliphatic rings. The van der Waals surface area contributed by atoms with Crippen molar-refractivity contribution in [1.82, 2.24) is 9.80 Å². The van der Waals surface area contributed by atoms with Gasteiger partial charge in [0.25, 0.3) is 0 Å². The van der Waals surface area contributed by atoms with E-state index in [0.717, 1.165) is 45.4 Å². The average molecular weight is 332 g/mol. The van der Waals surface area contributed by atoms with Gasteiger partial charge in [-0.3, -0.25) is 4.90 Å². The second kappa shape index (κ2) is 8.52. The first-order valence-corrected chi connectivity index (χ1v) is 9.15. The monoisotopic (exact) mass is 332 g/mol. The van der Waals surface area contributed by atoms with Crippen LogP contribution in [0.3, 0.4) is 0 Å². The highest BCUT2D eigenvalue weighted by Crippen LogP contribution is 2.20. The molecule has 4 heteroatoms.